The molecule has 2 aliphatic rings. The van der Waals surface area contributed by atoms with Crippen LogP contribution in [0, 0.1) is 11.3 Å². The van der Waals surface area contributed by atoms with Crippen molar-refractivity contribution in [1.29, 1.82) is 0 Å². The Hall–Kier alpha value is -2.53. The number of amides is 1. The number of hydrogen-bond acceptors (Lipinski definition) is 4. The number of nitrogens with one attached hydrogen (secondary N) is 1. The Balaban J connectivity index is 1.40. The third-order valence-electron chi connectivity index (χ3n) is 8.42. The first-order valence-corrected chi connectivity index (χ1v) is 13.0. The molecule has 0 aliphatic heterocycles. The van der Waals surface area contributed by atoms with Gasteiger partial charge in [-0.15, -0.1) is 0 Å². The Morgan fingerprint density at radius 3 is 2.66 bits per heavy atom. The topological polar surface area (TPSA) is 81.4 Å². The molecule has 0 saturated heterocycles. The zero-order valence-electron chi connectivity index (χ0n) is 21.2. The number of nitrogen functional groups attached to an aromatic ring is 1. The summed E-state index contributed by atoms with van der Waals surface area (Å²) in [7, 11) is 0. The lowest BCUT2D eigenvalue weighted by Crippen LogP contribution is -2.53. The summed E-state index contributed by atoms with van der Waals surface area (Å²) in [6.07, 6.45) is 5.61. The summed E-state index contributed by atoms with van der Waals surface area (Å²) in [6.45, 7) is 9.49. The molecule has 188 valence electrons. The number of carbonyl (C=O) groups excluding carboxylic acids is 2. The normalized spacial score (nSPS) is 25.5. The number of nitrogens with two attached hydrogens (primary N) is 1. The van der Waals surface area contributed by atoms with E-state index in [9.17, 15) is 9.59 Å². The second kappa shape index (κ2) is 9.85. The summed E-state index contributed by atoms with van der Waals surface area (Å²) in [4.78, 5) is 24.9. The van der Waals surface area contributed by atoms with Crippen LogP contribution in [-0.2, 0) is 21.4 Å². The number of hydrogen-bond donors (Lipinski definition) is 2. The summed E-state index contributed by atoms with van der Waals surface area (Å²) in [5.74, 6) is 0.140. The molecular formula is C29H37ClN2O3. The van der Waals surface area contributed by atoms with Crippen LogP contribution in [0.25, 0.3) is 0 Å². The molecule has 0 bridgehead atoms. The highest BCUT2D eigenvalue weighted by Crippen LogP contribution is 2.57. The molecule has 3 unspecified atom stereocenters. The van der Waals surface area contributed by atoms with E-state index in [-0.39, 0.29) is 28.9 Å². The quantitative estimate of drug-likeness (QED) is 0.378. The van der Waals surface area contributed by atoms with Crippen LogP contribution < -0.4 is 11.1 Å². The van der Waals surface area contributed by atoms with Gasteiger partial charge < -0.3 is 15.8 Å². The lowest BCUT2D eigenvalue weighted by atomic mass is 9.49. The van der Waals surface area contributed by atoms with Crippen molar-refractivity contribution in [3.63, 3.8) is 0 Å². The van der Waals surface area contributed by atoms with Gasteiger partial charge in [-0.25, -0.2) is 4.79 Å². The van der Waals surface area contributed by atoms with Crippen molar-refractivity contribution in [3.05, 3.63) is 63.7 Å². The van der Waals surface area contributed by atoms with Crippen LogP contribution in [0.5, 0.6) is 0 Å². The minimum absolute atomic E-state index is 0.00823. The molecule has 1 fully saturated rings. The second-order valence-corrected chi connectivity index (χ2v) is 11.6. The number of carbonyl (C=O) groups is 2. The van der Waals surface area contributed by atoms with Crippen LogP contribution in [-0.4, -0.2) is 25.0 Å². The van der Waals surface area contributed by atoms with Gasteiger partial charge in [0.05, 0.1) is 16.3 Å². The number of ether oxygens (including phenoxy) is 1. The highest BCUT2D eigenvalue weighted by molar-refractivity contribution is 6.33. The smallest absolute Gasteiger partial charge is 0.338 e. The predicted molar refractivity (Wildman–Crippen MR) is 141 cm³/mol. The molecule has 0 heterocycles. The highest BCUT2D eigenvalue weighted by Gasteiger charge is 2.51. The average molecular weight is 497 g/mol. The number of aryl methyl sites for hydroxylation is 1. The summed E-state index contributed by atoms with van der Waals surface area (Å²) in [6, 6.07) is 11.6. The third kappa shape index (κ3) is 5.06. The van der Waals surface area contributed by atoms with Crippen LogP contribution in [0.3, 0.4) is 0 Å². The molecule has 5 nitrogen and oxygen atoms in total. The van der Waals surface area contributed by atoms with Crippen LogP contribution in [0.1, 0.15) is 86.3 Å². The number of anilines is 1. The Labute approximate surface area is 213 Å². The molecule has 0 aromatic heterocycles. The molecule has 0 spiro atoms. The summed E-state index contributed by atoms with van der Waals surface area (Å²) >= 11 is 5.91. The van der Waals surface area contributed by atoms with Gasteiger partial charge in [0.25, 0.3) is 5.91 Å². The number of halogens is 1. The monoisotopic (exact) mass is 496 g/mol. The van der Waals surface area contributed by atoms with Crippen molar-refractivity contribution in [2.75, 3.05) is 18.9 Å². The van der Waals surface area contributed by atoms with E-state index in [1.54, 1.807) is 6.07 Å². The lowest BCUT2D eigenvalue weighted by molar-refractivity contribution is -0.125. The Kier molecular flexibility index (Phi) is 7.19. The first kappa shape index (κ1) is 25.6. The first-order chi connectivity index (χ1) is 16.5. The molecule has 2 aromatic rings. The van der Waals surface area contributed by atoms with Gasteiger partial charge in [0.15, 0.2) is 6.61 Å². The summed E-state index contributed by atoms with van der Waals surface area (Å²) < 4.78 is 5.21. The van der Waals surface area contributed by atoms with E-state index in [4.69, 9.17) is 22.1 Å². The number of rotatable bonds is 6. The van der Waals surface area contributed by atoms with E-state index in [1.807, 2.05) is 0 Å². The molecule has 2 aliphatic carbocycles. The van der Waals surface area contributed by atoms with Crippen LogP contribution in [0.4, 0.5) is 5.69 Å². The summed E-state index contributed by atoms with van der Waals surface area (Å²) in [5, 5.41) is 3.43. The zero-order chi connectivity index (χ0) is 25.4. The third-order valence-corrected chi connectivity index (χ3v) is 8.77. The van der Waals surface area contributed by atoms with Gasteiger partial charge in [0.2, 0.25) is 0 Å². The molecule has 0 radical (unpaired) electrons. The van der Waals surface area contributed by atoms with Gasteiger partial charge in [-0.2, -0.15) is 0 Å². The maximum atomic E-state index is 12.6. The minimum Gasteiger partial charge on any atom is -0.452 e. The standard InChI is InChI=1S/C29H37ClN2O3/c1-18(2)19-6-9-22-20(14-19)8-11-25-28(3,12-5-13-29(22,25)4)17-32-26(33)16-35-27(34)21-7-10-23(30)24(31)15-21/h6-7,9-10,14-15,18,25H,5,8,11-13,16-17,31H2,1-4H3,(H,32,33). The van der Waals surface area contributed by atoms with Gasteiger partial charge >= 0.3 is 5.97 Å². The Morgan fingerprint density at radius 2 is 1.94 bits per heavy atom. The van der Waals surface area contributed by atoms with E-state index >= 15 is 0 Å². The van der Waals surface area contributed by atoms with Crippen molar-refractivity contribution >= 4 is 29.2 Å². The minimum atomic E-state index is -0.593. The van der Waals surface area contributed by atoms with Crippen LogP contribution in [0.15, 0.2) is 36.4 Å². The number of fused-ring (bicyclic) bond motifs is 3. The molecule has 3 N–H and O–H groups in total. The largest absolute Gasteiger partial charge is 0.452 e. The first-order valence-electron chi connectivity index (χ1n) is 12.7. The maximum absolute atomic E-state index is 12.6. The van der Waals surface area contributed by atoms with Gasteiger partial charge in [0.1, 0.15) is 0 Å². The van der Waals surface area contributed by atoms with E-state index in [0.29, 0.717) is 29.1 Å². The van der Waals surface area contributed by atoms with Crippen LogP contribution in [0.2, 0.25) is 5.02 Å². The van der Waals surface area contributed by atoms with Crippen LogP contribution >= 0.6 is 11.6 Å². The maximum Gasteiger partial charge on any atom is 0.338 e. The molecule has 3 atom stereocenters. The predicted octanol–water partition coefficient (Wildman–Crippen LogP) is 6.03. The SMILES string of the molecule is CC(C)c1ccc2c(c1)CCC1C(C)(CNC(=O)COC(=O)c3ccc(Cl)c(N)c3)CCCC21C. The molecule has 2 aromatic carbocycles. The van der Waals surface area contributed by atoms with E-state index in [0.717, 1.165) is 25.7 Å². The van der Waals surface area contributed by atoms with Crippen molar-refractivity contribution in [2.24, 2.45) is 11.3 Å². The molecule has 6 heteroatoms. The van der Waals surface area contributed by atoms with E-state index in [2.05, 4.69) is 51.2 Å². The van der Waals surface area contributed by atoms with E-state index < -0.39 is 5.97 Å². The zero-order valence-corrected chi connectivity index (χ0v) is 22.0. The van der Waals surface area contributed by atoms with Gasteiger partial charge in [-0.05, 0) is 83.2 Å². The lowest BCUT2D eigenvalue weighted by Gasteiger charge is -2.55. The second-order valence-electron chi connectivity index (χ2n) is 11.2. The van der Waals surface area contributed by atoms with Gasteiger partial charge in [-0.3, -0.25) is 4.79 Å². The fourth-order valence-corrected chi connectivity index (χ4v) is 6.57. The highest BCUT2D eigenvalue weighted by atomic mass is 35.5. The summed E-state index contributed by atoms with van der Waals surface area (Å²) in [5.41, 5.74) is 10.8. The fourth-order valence-electron chi connectivity index (χ4n) is 6.45. The molecule has 35 heavy (non-hydrogen) atoms. The van der Waals surface area contributed by atoms with Crippen molar-refractivity contribution in [3.8, 4) is 0 Å². The number of esters is 1. The fraction of sp³-hybridized carbons (Fsp3) is 0.517. The molecule has 1 amide bonds. The average Bonchev–Trinajstić information content (AvgIpc) is 2.82. The molecule has 4 rings (SSSR count). The van der Waals surface area contributed by atoms with E-state index in [1.165, 1.54) is 35.2 Å². The number of benzene rings is 2. The van der Waals surface area contributed by atoms with Crippen molar-refractivity contribution in [2.45, 2.75) is 71.1 Å². The van der Waals surface area contributed by atoms with Crippen molar-refractivity contribution < 1.29 is 14.3 Å². The van der Waals surface area contributed by atoms with Gasteiger partial charge in [-0.1, -0.05) is 63.9 Å². The molecular weight excluding hydrogens is 460 g/mol. The Bertz CT molecular complexity index is 1130. The Morgan fingerprint density at radius 1 is 1.17 bits per heavy atom. The molecule has 1 saturated carbocycles. The van der Waals surface area contributed by atoms with Gasteiger partial charge in [0, 0.05) is 6.54 Å². The van der Waals surface area contributed by atoms with Crippen molar-refractivity contribution in [1.82, 2.24) is 5.32 Å².